The topological polar surface area (TPSA) is 52.1 Å². The van der Waals surface area contributed by atoms with Crippen LogP contribution in [0.25, 0.3) is 6.08 Å². The van der Waals surface area contributed by atoms with Crippen LogP contribution in [0, 0.1) is 0 Å². The minimum atomic E-state index is -0.469. The second-order valence-corrected chi connectivity index (χ2v) is 6.05. The van der Waals surface area contributed by atoms with Gasteiger partial charge in [-0.15, -0.1) is 10.2 Å². The Bertz CT molecular complexity index is 382. The molecular weight excluding hydrogens is 280 g/mol. The minimum Gasteiger partial charge on any atom is -0.457 e. The number of esters is 1. The number of rotatable bonds is 2. The Morgan fingerprint density at radius 2 is 2.13 bits per heavy atom. The molecule has 1 aromatic heterocycles. The molecule has 82 valence electrons. The van der Waals surface area contributed by atoms with Crippen molar-refractivity contribution in [1.29, 1.82) is 0 Å². The summed E-state index contributed by atoms with van der Waals surface area (Å²) in [6, 6.07) is 0. The molecule has 4 nitrogen and oxygen atoms in total. The highest BCUT2D eigenvalue weighted by atomic mass is 79.9. The zero-order chi connectivity index (χ0) is 11.5. The molecule has 0 saturated heterocycles. The molecule has 15 heavy (non-hydrogen) atoms. The number of carbonyl (C=O) groups excluding carboxylic acids is 1. The first-order valence-electron chi connectivity index (χ1n) is 4.27. The molecule has 0 aliphatic heterocycles. The molecule has 6 heteroatoms. The number of hydrogen-bond acceptors (Lipinski definition) is 5. The molecule has 0 spiro atoms. The Morgan fingerprint density at radius 3 is 2.60 bits per heavy atom. The monoisotopic (exact) mass is 290 g/mol. The molecule has 0 fully saturated rings. The summed E-state index contributed by atoms with van der Waals surface area (Å²) < 4.78 is 5.77. The molecule has 0 aliphatic rings. The second-order valence-electron chi connectivity index (χ2n) is 3.76. The summed E-state index contributed by atoms with van der Waals surface area (Å²) in [7, 11) is 0. The van der Waals surface area contributed by atoms with Crippen LogP contribution in [-0.2, 0) is 9.53 Å². The lowest BCUT2D eigenvalue weighted by atomic mass is 10.2. The minimum absolute atomic E-state index is 0.381. The molecule has 0 N–H and O–H groups in total. The van der Waals surface area contributed by atoms with Crippen LogP contribution in [0.2, 0.25) is 0 Å². The lowest BCUT2D eigenvalue weighted by Gasteiger charge is -2.17. The van der Waals surface area contributed by atoms with E-state index in [2.05, 4.69) is 26.1 Å². The van der Waals surface area contributed by atoms with E-state index in [-0.39, 0.29) is 5.97 Å². The summed E-state index contributed by atoms with van der Waals surface area (Å²) in [5.74, 6) is -0.381. The molecule has 1 rings (SSSR count). The molecule has 0 radical (unpaired) electrons. The third-order valence-electron chi connectivity index (χ3n) is 1.18. The maximum atomic E-state index is 11.3. The zero-order valence-corrected chi connectivity index (χ0v) is 11.1. The molecule has 0 aromatic carbocycles. The molecule has 0 saturated carbocycles. The van der Waals surface area contributed by atoms with E-state index in [1.807, 2.05) is 20.8 Å². The Balaban J connectivity index is 2.55. The summed E-state index contributed by atoms with van der Waals surface area (Å²) in [4.78, 5) is 11.3. The standard InChI is InChI=1S/C9H11BrN2O2S/c1-9(2,3)14-7(13)5-4-6-11-12-8(10)15-6/h4-5H,1-3H3/b5-4+. The van der Waals surface area contributed by atoms with E-state index in [9.17, 15) is 4.79 Å². The van der Waals surface area contributed by atoms with Crippen molar-refractivity contribution in [2.75, 3.05) is 0 Å². The van der Waals surface area contributed by atoms with Crippen LogP contribution in [-0.4, -0.2) is 21.8 Å². The average molecular weight is 291 g/mol. The molecule has 1 heterocycles. The maximum absolute atomic E-state index is 11.3. The Morgan fingerprint density at radius 1 is 1.47 bits per heavy atom. The van der Waals surface area contributed by atoms with Gasteiger partial charge in [0.2, 0.25) is 0 Å². The van der Waals surface area contributed by atoms with E-state index >= 15 is 0 Å². The largest absolute Gasteiger partial charge is 0.457 e. The van der Waals surface area contributed by atoms with Crippen LogP contribution in [0.15, 0.2) is 9.99 Å². The first-order chi connectivity index (χ1) is 6.87. The fourth-order valence-electron chi connectivity index (χ4n) is 0.758. The van der Waals surface area contributed by atoms with E-state index in [4.69, 9.17) is 4.74 Å². The number of aromatic nitrogens is 2. The molecular formula is C9H11BrN2O2S. The predicted molar refractivity (Wildman–Crippen MR) is 62.5 cm³/mol. The molecule has 1 aromatic rings. The lowest BCUT2D eigenvalue weighted by molar-refractivity contribution is -0.148. The van der Waals surface area contributed by atoms with E-state index in [1.165, 1.54) is 17.4 Å². The van der Waals surface area contributed by atoms with Gasteiger partial charge in [0.25, 0.3) is 0 Å². The SMILES string of the molecule is CC(C)(C)OC(=O)/C=C/c1nnc(Br)s1. The molecule has 0 amide bonds. The van der Waals surface area contributed by atoms with Crippen molar-refractivity contribution in [3.05, 3.63) is 15.0 Å². The van der Waals surface area contributed by atoms with Crippen molar-refractivity contribution in [2.45, 2.75) is 26.4 Å². The van der Waals surface area contributed by atoms with E-state index < -0.39 is 5.60 Å². The molecule has 0 aliphatic carbocycles. The lowest BCUT2D eigenvalue weighted by Crippen LogP contribution is -2.22. The fourth-order valence-corrected chi connectivity index (χ4v) is 1.81. The highest BCUT2D eigenvalue weighted by Crippen LogP contribution is 2.17. The Labute approximate surface area is 100 Å². The quantitative estimate of drug-likeness (QED) is 0.621. The van der Waals surface area contributed by atoms with Crippen LogP contribution in [0.1, 0.15) is 25.8 Å². The Kier molecular flexibility index (Phi) is 3.98. The van der Waals surface area contributed by atoms with Crippen molar-refractivity contribution in [2.24, 2.45) is 0 Å². The highest BCUT2D eigenvalue weighted by Gasteiger charge is 2.13. The van der Waals surface area contributed by atoms with E-state index in [1.54, 1.807) is 6.08 Å². The second kappa shape index (κ2) is 4.85. The first-order valence-corrected chi connectivity index (χ1v) is 5.88. The molecule has 0 bridgehead atoms. The maximum Gasteiger partial charge on any atom is 0.331 e. The van der Waals surface area contributed by atoms with Gasteiger partial charge in [0.05, 0.1) is 0 Å². The summed E-state index contributed by atoms with van der Waals surface area (Å²) in [6.07, 6.45) is 2.93. The van der Waals surface area contributed by atoms with Gasteiger partial charge in [-0.2, -0.15) is 0 Å². The van der Waals surface area contributed by atoms with Gasteiger partial charge in [0, 0.05) is 6.08 Å². The van der Waals surface area contributed by atoms with Gasteiger partial charge in [-0.1, -0.05) is 11.3 Å². The Hall–Kier alpha value is -0.750. The first kappa shape index (κ1) is 12.3. The van der Waals surface area contributed by atoms with Crippen LogP contribution in [0.4, 0.5) is 0 Å². The van der Waals surface area contributed by atoms with Gasteiger partial charge >= 0.3 is 5.97 Å². The van der Waals surface area contributed by atoms with Crippen molar-refractivity contribution in [3.63, 3.8) is 0 Å². The van der Waals surface area contributed by atoms with Gasteiger partial charge in [-0.05, 0) is 42.8 Å². The van der Waals surface area contributed by atoms with Crippen molar-refractivity contribution >= 4 is 39.3 Å². The van der Waals surface area contributed by atoms with Gasteiger partial charge in [0.15, 0.2) is 3.92 Å². The molecule has 0 atom stereocenters. The zero-order valence-electron chi connectivity index (χ0n) is 8.65. The normalized spacial score (nSPS) is 12.0. The third kappa shape index (κ3) is 5.03. The summed E-state index contributed by atoms with van der Waals surface area (Å²) >= 11 is 4.53. The highest BCUT2D eigenvalue weighted by molar-refractivity contribution is 9.11. The number of carbonyl (C=O) groups is 1. The van der Waals surface area contributed by atoms with Crippen molar-refractivity contribution in [3.8, 4) is 0 Å². The van der Waals surface area contributed by atoms with Crippen molar-refractivity contribution < 1.29 is 9.53 Å². The van der Waals surface area contributed by atoms with Gasteiger partial charge < -0.3 is 4.74 Å². The smallest absolute Gasteiger partial charge is 0.331 e. The van der Waals surface area contributed by atoms with Gasteiger partial charge in [0.1, 0.15) is 10.6 Å². The number of hydrogen-bond donors (Lipinski definition) is 0. The molecule has 0 unspecified atom stereocenters. The van der Waals surface area contributed by atoms with Crippen LogP contribution >= 0.6 is 27.3 Å². The van der Waals surface area contributed by atoms with E-state index in [0.717, 1.165) is 0 Å². The number of halogens is 1. The average Bonchev–Trinajstić information content (AvgIpc) is 2.45. The van der Waals surface area contributed by atoms with E-state index in [0.29, 0.717) is 8.92 Å². The van der Waals surface area contributed by atoms with Crippen molar-refractivity contribution in [1.82, 2.24) is 10.2 Å². The summed E-state index contributed by atoms with van der Waals surface area (Å²) in [5.41, 5.74) is -0.469. The number of ether oxygens (including phenoxy) is 1. The third-order valence-corrected chi connectivity index (χ3v) is 2.51. The summed E-state index contributed by atoms with van der Waals surface area (Å²) in [5, 5.41) is 8.22. The predicted octanol–water partition coefficient (Wildman–Crippen LogP) is 2.66. The van der Waals surface area contributed by atoms with Crippen LogP contribution in [0.3, 0.4) is 0 Å². The van der Waals surface area contributed by atoms with Crippen LogP contribution in [0.5, 0.6) is 0 Å². The van der Waals surface area contributed by atoms with Crippen LogP contribution < -0.4 is 0 Å². The van der Waals surface area contributed by atoms with Gasteiger partial charge in [-0.25, -0.2) is 4.79 Å². The fraction of sp³-hybridized carbons (Fsp3) is 0.444. The van der Waals surface area contributed by atoms with Gasteiger partial charge in [-0.3, -0.25) is 0 Å². The summed E-state index contributed by atoms with van der Waals surface area (Å²) in [6.45, 7) is 5.46. The number of nitrogens with zero attached hydrogens (tertiary/aromatic N) is 2.